The molecular formula is C28H40ClN3O6S. The van der Waals surface area contributed by atoms with Crippen LogP contribution in [0.1, 0.15) is 50.4 Å². The number of nitrogens with one attached hydrogen (secondary N) is 2. The minimum Gasteiger partial charge on any atom is -0.490 e. The number of carbonyl (C=O) groups excluding carboxylic acids is 1. The molecule has 0 fully saturated rings. The third-order valence-corrected chi connectivity index (χ3v) is 8.48. The Balaban J connectivity index is 2.02. The number of nitrogens with zero attached hydrogens (tertiary/aromatic N) is 1. The second-order valence-electron chi connectivity index (χ2n) is 10.1. The van der Waals surface area contributed by atoms with Crippen LogP contribution in [0.4, 0.5) is 5.69 Å². The topological polar surface area (TPSA) is 117 Å². The monoisotopic (exact) mass is 581 g/mol. The number of amides is 1. The number of likely N-dealkylation sites (N-methyl/N-ethyl adjacent to an activating group) is 1. The van der Waals surface area contributed by atoms with Crippen LogP contribution in [-0.2, 0) is 14.8 Å². The largest absolute Gasteiger partial charge is 0.490 e. The quantitative estimate of drug-likeness (QED) is 0.449. The van der Waals surface area contributed by atoms with E-state index in [-0.39, 0.29) is 46.8 Å². The van der Waals surface area contributed by atoms with Gasteiger partial charge in [0.2, 0.25) is 0 Å². The highest BCUT2D eigenvalue weighted by Gasteiger charge is 2.30. The van der Waals surface area contributed by atoms with Gasteiger partial charge in [0.25, 0.3) is 15.9 Å². The summed E-state index contributed by atoms with van der Waals surface area (Å²) in [7, 11) is -2.06. The Bertz CT molecular complexity index is 1190. The summed E-state index contributed by atoms with van der Waals surface area (Å²) in [5.41, 5.74) is 0.435. The maximum Gasteiger partial charge on any atom is 0.261 e. The van der Waals surface area contributed by atoms with Gasteiger partial charge < -0.3 is 24.8 Å². The van der Waals surface area contributed by atoms with E-state index in [1.807, 2.05) is 20.9 Å². The van der Waals surface area contributed by atoms with Crippen molar-refractivity contribution in [2.45, 2.75) is 63.2 Å². The van der Waals surface area contributed by atoms with E-state index >= 15 is 0 Å². The van der Waals surface area contributed by atoms with Crippen LogP contribution < -0.4 is 14.8 Å². The van der Waals surface area contributed by atoms with Gasteiger partial charge in [0, 0.05) is 36.3 Å². The Morgan fingerprint density at radius 1 is 1.15 bits per heavy atom. The Kier molecular flexibility index (Phi) is 11.4. The van der Waals surface area contributed by atoms with Gasteiger partial charge in [0.15, 0.2) is 0 Å². The van der Waals surface area contributed by atoms with Crippen LogP contribution >= 0.6 is 11.6 Å². The molecule has 1 amide bonds. The molecule has 0 spiro atoms. The highest BCUT2D eigenvalue weighted by atomic mass is 35.5. The van der Waals surface area contributed by atoms with Crippen molar-refractivity contribution in [1.82, 2.24) is 10.2 Å². The predicted octanol–water partition coefficient (Wildman–Crippen LogP) is 4.16. The minimum absolute atomic E-state index is 0.0341. The molecule has 11 heteroatoms. The van der Waals surface area contributed by atoms with Crippen molar-refractivity contribution < 1.29 is 27.8 Å². The van der Waals surface area contributed by atoms with E-state index in [4.69, 9.17) is 21.1 Å². The molecular weight excluding hydrogens is 542 g/mol. The average molecular weight is 582 g/mol. The molecule has 0 unspecified atom stereocenters. The molecule has 4 atom stereocenters. The molecule has 3 N–H and O–H groups in total. The fourth-order valence-corrected chi connectivity index (χ4v) is 5.68. The number of rotatable bonds is 7. The van der Waals surface area contributed by atoms with Gasteiger partial charge in [-0.05, 0) is 82.6 Å². The second-order valence-corrected chi connectivity index (χ2v) is 12.2. The Labute approximate surface area is 236 Å². The molecule has 3 rings (SSSR count). The number of carbonyl (C=O) groups is 1. The predicted molar refractivity (Wildman–Crippen MR) is 153 cm³/mol. The van der Waals surface area contributed by atoms with Gasteiger partial charge in [0.1, 0.15) is 5.75 Å². The average Bonchev–Trinajstić information content (AvgIpc) is 2.90. The van der Waals surface area contributed by atoms with Crippen molar-refractivity contribution in [2.75, 3.05) is 38.1 Å². The van der Waals surface area contributed by atoms with E-state index in [1.165, 1.54) is 30.3 Å². The van der Waals surface area contributed by atoms with Crippen LogP contribution in [0.2, 0.25) is 5.02 Å². The van der Waals surface area contributed by atoms with E-state index in [2.05, 4.69) is 10.0 Å². The van der Waals surface area contributed by atoms with Crippen molar-refractivity contribution in [3.05, 3.63) is 53.1 Å². The maximum absolute atomic E-state index is 14.0. The molecule has 216 valence electrons. The van der Waals surface area contributed by atoms with Crippen LogP contribution in [0.15, 0.2) is 47.4 Å². The normalized spacial score (nSPS) is 22.4. The number of anilines is 1. The molecule has 1 aliphatic rings. The zero-order valence-corrected chi connectivity index (χ0v) is 24.6. The molecule has 0 bridgehead atoms. The first-order chi connectivity index (χ1) is 18.6. The zero-order chi connectivity index (χ0) is 28.6. The maximum atomic E-state index is 14.0. The highest BCUT2D eigenvalue weighted by molar-refractivity contribution is 7.92. The third kappa shape index (κ3) is 8.56. The lowest BCUT2D eigenvalue weighted by molar-refractivity contribution is -0.000450. The second kappa shape index (κ2) is 14.3. The summed E-state index contributed by atoms with van der Waals surface area (Å²) in [6, 6.07) is 10.0. The molecule has 0 saturated heterocycles. The summed E-state index contributed by atoms with van der Waals surface area (Å²) >= 11 is 5.91. The lowest BCUT2D eigenvalue weighted by atomic mass is 10.0. The standard InChI is InChI=1S/C28H40ClN3O6S/c1-19-17-32(20(2)18-33)28(34)25-15-23(31-39(35,36)24-11-8-22(29)9-12-24)10-13-26(25)38-21(3)7-5-6-14-37-27(19)16-30-4/h8-13,15,19-21,27,30-31,33H,5-7,14,16-18H2,1-4H3/t19-,20-,21-,27+/m1/s1. The lowest BCUT2D eigenvalue weighted by Crippen LogP contribution is -2.47. The van der Waals surface area contributed by atoms with E-state index in [1.54, 1.807) is 24.0 Å². The van der Waals surface area contributed by atoms with Crippen LogP contribution in [0, 0.1) is 5.92 Å². The van der Waals surface area contributed by atoms with Crippen LogP contribution in [-0.4, -0.2) is 75.9 Å². The van der Waals surface area contributed by atoms with Gasteiger partial charge in [-0.3, -0.25) is 9.52 Å². The van der Waals surface area contributed by atoms with Crippen molar-refractivity contribution in [3.63, 3.8) is 0 Å². The van der Waals surface area contributed by atoms with Crippen molar-refractivity contribution in [1.29, 1.82) is 0 Å². The number of fused-ring (bicyclic) bond motifs is 1. The van der Waals surface area contributed by atoms with Crippen molar-refractivity contribution in [2.24, 2.45) is 5.92 Å². The summed E-state index contributed by atoms with van der Waals surface area (Å²) in [4.78, 5) is 15.7. The van der Waals surface area contributed by atoms with Gasteiger partial charge >= 0.3 is 0 Å². The molecule has 0 saturated carbocycles. The third-order valence-electron chi connectivity index (χ3n) is 6.83. The molecule has 1 heterocycles. The minimum atomic E-state index is -3.93. The van der Waals surface area contributed by atoms with E-state index in [9.17, 15) is 18.3 Å². The summed E-state index contributed by atoms with van der Waals surface area (Å²) < 4.78 is 41.0. The Morgan fingerprint density at radius 2 is 1.87 bits per heavy atom. The molecule has 1 aliphatic heterocycles. The summed E-state index contributed by atoms with van der Waals surface area (Å²) in [6.45, 7) is 7.09. The highest BCUT2D eigenvalue weighted by Crippen LogP contribution is 2.29. The number of ether oxygens (including phenoxy) is 2. The van der Waals surface area contributed by atoms with Crippen molar-refractivity contribution in [3.8, 4) is 5.75 Å². The number of hydrogen-bond donors (Lipinski definition) is 3. The van der Waals surface area contributed by atoms with Crippen LogP contribution in [0.5, 0.6) is 5.75 Å². The number of benzene rings is 2. The SMILES string of the molecule is CNC[C@@H]1OCCCC[C@@H](C)Oc2ccc(NS(=O)(=O)c3ccc(Cl)cc3)cc2C(=O)N([C@H](C)CO)C[C@H]1C. The smallest absolute Gasteiger partial charge is 0.261 e. The number of halogens is 1. The first-order valence-corrected chi connectivity index (χ1v) is 15.2. The first-order valence-electron chi connectivity index (χ1n) is 13.3. The molecule has 2 aromatic carbocycles. The molecule has 39 heavy (non-hydrogen) atoms. The number of aliphatic hydroxyl groups excluding tert-OH is 1. The van der Waals surface area contributed by atoms with Crippen LogP contribution in [0.3, 0.4) is 0 Å². The molecule has 0 aliphatic carbocycles. The number of sulfonamides is 1. The van der Waals surface area contributed by atoms with Crippen LogP contribution in [0.25, 0.3) is 0 Å². The summed E-state index contributed by atoms with van der Waals surface area (Å²) in [6.07, 6.45) is 2.26. The van der Waals surface area contributed by atoms with Gasteiger partial charge in [-0.15, -0.1) is 0 Å². The van der Waals surface area contributed by atoms with Gasteiger partial charge in [-0.1, -0.05) is 18.5 Å². The van der Waals surface area contributed by atoms with Gasteiger partial charge in [-0.25, -0.2) is 8.42 Å². The van der Waals surface area contributed by atoms with Crippen molar-refractivity contribution >= 4 is 33.2 Å². The Morgan fingerprint density at radius 3 is 2.54 bits per heavy atom. The van der Waals surface area contributed by atoms with Gasteiger partial charge in [0.05, 0.1) is 35.3 Å². The first kappa shape index (κ1) is 31.2. The molecule has 9 nitrogen and oxygen atoms in total. The fraction of sp³-hybridized carbons (Fsp3) is 0.536. The molecule has 2 aromatic rings. The molecule has 0 aromatic heterocycles. The van der Waals surface area contributed by atoms with E-state index in [0.29, 0.717) is 30.5 Å². The number of aliphatic hydroxyl groups is 1. The fourth-order valence-electron chi connectivity index (χ4n) is 4.51. The zero-order valence-electron chi connectivity index (χ0n) is 23.0. The lowest BCUT2D eigenvalue weighted by Gasteiger charge is -2.34. The summed E-state index contributed by atoms with van der Waals surface area (Å²) in [5, 5.41) is 13.6. The van der Waals surface area contributed by atoms with Gasteiger partial charge in [-0.2, -0.15) is 0 Å². The Hall–Kier alpha value is -2.37. The van der Waals surface area contributed by atoms with E-state index < -0.39 is 16.1 Å². The molecule has 0 radical (unpaired) electrons. The number of hydrogen-bond acceptors (Lipinski definition) is 7. The van der Waals surface area contributed by atoms with E-state index in [0.717, 1.165) is 19.3 Å². The summed E-state index contributed by atoms with van der Waals surface area (Å²) in [5.74, 6) is -0.0311.